The normalized spacial score (nSPS) is 10.5. The topological polar surface area (TPSA) is 57.6 Å². The quantitative estimate of drug-likeness (QED) is 0.493. The molecule has 4 heteroatoms. The molecule has 0 amide bonds. The number of carboxylic acid groups (broad SMARTS) is 1. The molecule has 22 heavy (non-hydrogen) atoms. The van der Waals surface area contributed by atoms with Crippen LogP contribution < -0.4 is 4.90 Å². The molecule has 4 nitrogen and oxygen atoms in total. The minimum atomic E-state index is -0.781. The zero-order valence-electron chi connectivity index (χ0n) is 13.7. The first-order valence-electron chi connectivity index (χ1n) is 8.12. The zero-order valence-corrected chi connectivity index (χ0v) is 13.7. The molecule has 1 N–H and O–H groups in total. The molecule has 122 valence electrons. The van der Waals surface area contributed by atoms with Gasteiger partial charge in [-0.1, -0.05) is 32.6 Å². The fourth-order valence-corrected chi connectivity index (χ4v) is 2.41. The Hall–Kier alpha value is -1.84. The molecule has 0 heterocycles. The third-order valence-corrected chi connectivity index (χ3v) is 3.77. The summed E-state index contributed by atoms with van der Waals surface area (Å²) in [6.07, 6.45) is 6.06. The van der Waals surface area contributed by atoms with Crippen molar-refractivity contribution in [3.05, 3.63) is 29.8 Å². The minimum Gasteiger partial charge on any atom is -0.481 e. The number of nitrogens with zero attached hydrogens (tertiary/aromatic N) is 1. The molecule has 0 aliphatic heterocycles. The Bertz CT molecular complexity index is 468. The highest BCUT2D eigenvalue weighted by Gasteiger charge is 2.09. The Kier molecular flexibility index (Phi) is 8.26. The van der Waals surface area contributed by atoms with Crippen LogP contribution in [0.5, 0.6) is 0 Å². The lowest BCUT2D eigenvalue weighted by Gasteiger charge is -2.24. The smallest absolute Gasteiger partial charge is 0.305 e. The predicted octanol–water partition coefficient (Wildman–Crippen LogP) is 4.14. The Morgan fingerprint density at radius 2 is 1.64 bits per heavy atom. The van der Waals surface area contributed by atoms with Crippen LogP contribution in [0.25, 0.3) is 0 Å². The van der Waals surface area contributed by atoms with Crippen molar-refractivity contribution in [3.8, 4) is 0 Å². The first-order valence-corrected chi connectivity index (χ1v) is 8.12. The monoisotopic (exact) mass is 305 g/mol. The van der Waals surface area contributed by atoms with Crippen LogP contribution in [0, 0.1) is 0 Å². The summed E-state index contributed by atoms with van der Waals surface area (Å²) in [4.78, 5) is 24.2. The van der Waals surface area contributed by atoms with E-state index < -0.39 is 5.97 Å². The van der Waals surface area contributed by atoms with E-state index in [0.29, 0.717) is 12.1 Å². The van der Waals surface area contributed by atoms with Crippen molar-refractivity contribution in [3.63, 3.8) is 0 Å². The second kappa shape index (κ2) is 9.98. The number of benzene rings is 1. The van der Waals surface area contributed by atoms with Gasteiger partial charge in [0.05, 0.1) is 6.42 Å². The van der Waals surface area contributed by atoms with Crippen molar-refractivity contribution in [2.75, 3.05) is 18.0 Å². The average Bonchev–Trinajstić information content (AvgIpc) is 2.50. The molecule has 0 saturated carbocycles. The fourth-order valence-electron chi connectivity index (χ4n) is 2.41. The van der Waals surface area contributed by atoms with Gasteiger partial charge in [0, 0.05) is 24.3 Å². The van der Waals surface area contributed by atoms with Gasteiger partial charge in [-0.2, -0.15) is 0 Å². The Labute approximate surface area is 133 Å². The van der Waals surface area contributed by atoms with Gasteiger partial charge in [-0.05, 0) is 37.6 Å². The van der Waals surface area contributed by atoms with Crippen LogP contribution in [0.15, 0.2) is 24.3 Å². The van der Waals surface area contributed by atoms with E-state index in [2.05, 4.69) is 11.8 Å². The number of aliphatic carboxylic acids is 1. The highest BCUT2D eigenvalue weighted by molar-refractivity contribution is 5.94. The van der Waals surface area contributed by atoms with Gasteiger partial charge in [0.25, 0.3) is 0 Å². The van der Waals surface area contributed by atoms with Crippen LogP contribution in [0.3, 0.4) is 0 Å². The molecule has 0 unspecified atom stereocenters. The van der Waals surface area contributed by atoms with E-state index in [-0.39, 0.29) is 12.2 Å². The molecule has 0 aliphatic rings. The van der Waals surface area contributed by atoms with Crippen LogP contribution in [-0.4, -0.2) is 29.9 Å². The number of hydrogen-bond acceptors (Lipinski definition) is 3. The lowest BCUT2D eigenvalue weighted by molar-refractivity contribution is -0.136. The van der Waals surface area contributed by atoms with E-state index in [1.54, 1.807) is 6.92 Å². The van der Waals surface area contributed by atoms with Crippen molar-refractivity contribution in [2.24, 2.45) is 0 Å². The van der Waals surface area contributed by atoms with Crippen LogP contribution in [-0.2, 0) is 4.79 Å². The molecule has 0 atom stereocenters. The second-order valence-corrected chi connectivity index (χ2v) is 5.65. The summed E-state index contributed by atoms with van der Waals surface area (Å²) in [5.41, 5.74) is 1.67. The van der Waals surface area contributed by atoms with Crippen LogP contribution in [0.1, 0.15) is 62.7 Å². The van der Waals surface area contributed by atoms with Crippen LogP contribution in [0.2, 0.25) is 0 Å². The summed E-state index contributed by atoms with van der Waals surface area (Å²) in [6.45, 7) is 5.10. The number of hydrogen-bond donors (Lipinski definition) is 1. The first kappa shape index (κ1) is 18.2. The van der Waals surface area contributed by atoms with Gasteiger partial charge in [-0.15, -0.1) is 0 Å². The molecular weight excluding hydrogens is 278 g/mol. The lowest BCUT2D eigenvalue weighted by atomic mass is 10.1. The molecule has 0 aliphatic carbocycles. The highest BCUT2D eigenvalue weighted by Crippen LogP contribution is 2.17. The fraction of sp³-hybridized carbons (Fsp3) is 0.556. The van der Waals surface area contributed by atoms with Gasteiger partial charge in [0.2, 0.25) is 0 Å². The number of anilines is 1. The highest BCUT2D eigenvalue weighted by atomic mass is 16.4. The summed E-state index contributed by atoms with van der Waals surface area (Å²) in [7, 11) is 0. The van der Waals surface area contributed by atoms with E-state index in [1.807, 2.05) is 24.3 Å². The number of carbonyl (C=O) groups excluding carboxylic acids is 1. The van der Waals surface area contributed by atoms with Gasteiger partial charge >= 0.3 is 5.97 Å². The van der Waals surface area contributed by atoms with E-state index in [0.717, 1.165) is 18.7 Å². The molecule has 1 rings (SSSR count). The third kappa shape index (κ3) is 6.74. The number of Topliss-reactive ketones (excluding diaryl/α,β-unsaturated/α-hetero) is 1. The van der Waals surface area contributed by atoms with E-state index in [1.165, 1.54) is 25.7 Å². The molecule has 0 bridgehead atoms. The second-order valence-electron chi connectivity index (χ2n) is 5.65. The van der Waals surface area contributed by atoms with Gasteiger partial charge in [0.15, 0.2) is 5.78 Å². The van der Waals surface area contributed by atoms with Gasteiger partial charge < -0.3 is 10.0 Å². The number of carbonyl (C=O) groups is 2. The number of ketones is 1. The van der Waals surface area contributed by atoms with Crippen molar-refractivity contribution in [1.82, 2.24) is 0 Å². The zero-order chi connectivity index (χ0) is 16.4. The summed E-state index contributed by atoms with van der Waals surface area (Å²) in [5.74, 6) is -0.737. The maximum Gasteiger partial charge on any atom is 0.305 e. The molecule has 1 aromatic carbocycles. The molecule has 0 aromatic heterocycles. The third-order valence-electron chi connectivity index (χ3n) is 3.77. The van der Waals surface area contributed by atoms with Crippen LogP contribution in [0.4, 0.5) is 5.69 Å². The predicted molar refractivity (Wildman–Crippen MR) is 89.7 cm³/mol. The van der Waals surface area contributed by atoms with Crippen molar-refractivity contribution >= 4 is 17.4 Å². The molecule has 0 spiro atoms. The Morgan fingerprint density at radius 1 is 1.00 bits per heavy atom. The average molecular weight is 305 g/mol. The first-order chi connectivity index (χ1) is 10.5. The summed E-state index contributed by atoms with van der Waals surface area (Å²) < 4.78 is 0. The number of unbranched alkanes of at least 4 members (excludes halogenated alkanes) is 4. The number of rotatable bonds is 11. The maximum atomic E-state index is 11.3. The van der Waals surface area contributed by atoms with E-state index >= 15 is 0 Å². The minimum absolute atomic E-state index is 0.0446. The number of carboxylic acids is 1. The molecule has 0 saturated heterocycles. The SMILES string of the molecule is CCCCCCCN(CCC(=O)O)c1ccc(C(C)=O)cc1. The van der Waals surface area contributed by atoms with Crippen molar-refractivity contribution < 1.29 is 14.7 Å². The van der Waals surface area contributed by atoms with Gasteiger partial charge in [-0.3, -0.25) is 9.59 Å². The van der Waals surface area contributed by atoms with Gasteiger partial charge in [0.1, 0.15) is 0 Å². The van der Waals surface area contributed by atoms with E-state index in [4.69, 9.17) is 5.11 Å². The van der Waals surface area contributed by atoms with Crippen molar-refractivity contribution in [1.29, 1.82) is 0 Å². The Balaban J connectivity index is 2.63. The molecule has 1 aromatic rings. The Morgan fingerprint density at radius 3 is 2.18 bits per heavy atom. The van der Waals surface area contributed by atoms with Crippen LogP contribution >= 0.6 is 0 Å². The summed E-state index contributed by atoms with van der Waals surface area (Å²) in [5, 5.41) is 8.90. The lowest BCUT2D eigenvalue weighted by Crippen LogP contribution is -2.27. The maximum absolute atomic E-state index is 11.3. The summed E-state index contributed by atoms with van der Waals surface area (Å²) in [6, 6.07) is 7.43. The van der Waals surface area contributed by atoms with E-state index in [9.17, 15) is 9.59 Å². The molecular formula is C18H27NO3. The van der Waals surface area contributed by atoms with Gasteiger partial charge in [-0.25, -0.2) is 0 Å². The molecule has 0 fully saturated rings. The van der Waals surface area contributed by atoms with Crippen molar-refractivity contribution in [2.45, 2.75) is 52.4 Å². The summed E-state index contributed by atoms with van der Waals surface area (Å²) >= 11 is 0. The molecule has 0 radical (unpaired) electrons. The largest absolute Gasteiger partial charge is 0.481 e. The standard InChI is InChI=1S/C18H27NO3/c1-3-4-5-6-7-13-19(14-12-18(21)22)17-10-8-16(9-11-17)15(2)20/h8-11H,3-7,12-14H2,1-2H3,(H,21,22).